The van der Waals surface area contributed by atoms with Crippen LogP contribution in [0.3, 0.4) is 0 Å². The second-order valence-electron chi connectivity index (χ2n) is 4.34. The molecule has 1 heterocycles. The Balaban J connectivity index is 2.21. The third kappa shape index (κ3) is 2.89. The van der Waals surface area contributed by atoms with Crippen LogP contribution in [0.25, 0.3) is 0 Å². The van der Waals surface area contributed by atoms with Crippen molar-refractivity contribution in [1.82, 2.24) is 5.32 Å². The van der Waals surface area contributed by atoms with Gasteiger partial charge in [-0.2, -0.15) is 0 Å². The van der Waals surface area contributed by atoms with Crippen LogP contribution >= 0.6 is 0 Å². The first-order valence-corrected chi connectivity index (χ1v) is 6.06. The molecule has 112 valence electrons. The van der Waals surface area contributed by atoms with Gasteiger partial charge in [0.05, 0.1) is 17.9 Å². The van der Waals surface area contributed by atoms with Gasteiger partial charge in [0.1, 0.15) is 18.2 Å². The van der Waals surface area contributed by atoms with Crippen molar-refractivity contribution in [3.05, 3.63) is 29.3 Å². The molecule has 6 nitrogen and oxygen atoms in total. The average Bonchev–Trinajstić information content (AvgIpc) is 2.64. The number of benzene rings is 1. The molecule has 1 aliphatic heterocycles. The smallest absolute Gasteiger partial charge is 0.300 e. The third-order valence-electron chi connectivity index (χ3n) is 2.92. The number of nitrogens with one attached hydrogen (secondary N) is 1. The van der Waals surface area contributed by atoms with Gasteiger partial charge in [-0.05, 0) is 6.07 Å². The number of methoxy groups -OCH3 is 1. The lowest BCUT2D eigenvalue weighted by Crippen LogP contribution is -2.41. The fourth-order valence-corrected chi connectivity index (χ4v) is 1.99. The summed E-state index contributed by atoms with van der Waals surface area (Å²) in [5.74, 6) is -4.77. The Labute approximate surface area is 118 Å². The molecule has 1 aromatic rings. The molecule has 21 heavy (non-hydrogen) atoms. The number of carbonyl (C=O) groups excluding carboxylic acids is 3. The quantitative estimate of drug-likeness (QED) is 0.625. The monoisotopic (exact) mass is 298 g/mol. The molecule has 1 aromatic carbocycles. The highest BCUT2D eigenvalue weighted by molar-refractivity contribution is 6.52. The van der Waals surface area contributed by atoms with Crippen molar-refractivity contribution < 1.29 is 27.9 Å². The molecule has 0 saturated carbocycles. The number of ether oxygens (including phenoxy) is 1. The van der Waals surface area contributed by atoms with E-state index in [0.29, 0.717) is 6.07 Å². The summed E-state index contributed by atoms with van der Waals surface area (Å²) in [5, 5.41) is 2.45. The number of amides is 2. The van der Waals surface area contributed by atoms with Gasteiger partial charge in [0.15, 0.2) is 0 Å². The van der Waals surface area contributed by atoms with E-state index < -0.39 is 41.3 Å². The topological polar surface area (TPSA) is 75.7 Å². The average molecular weight is 298 g/mol. The van der Waals surface area contributed by atoms with Crippen molar-refractivity contribution in [2.75, 3.05) is 31.7 Å². The molecule has 0 atom stereocenters. The Morgan fingerprint density at radius 1 is 1.33 bits per heavy atom. The number of nitrogens with zero attached hydrogens (tertiary/aromatic N) is 1. The number of fused-ring (bicyclic) bond motifs is 1. The van der Waals surface area contributed by atoms with Crippen LogP contribution in [0.2, 0.25) is 0 Å². The highest BCUT2D eigenvalue weighted by Crippen LogP contribution is 2.31. The van der Waals surface area contributed by atoms with Crippen LogP contribution in [0, 0.1) is 11.6 Å². The molecule has 0 radical (unpaired) electrons. The van der Waals surface area contributed by atoms with E-state index in [0.717, 1.165) is 11.0 Å². The number of carbonyl (C=O) groups is 3. The van der Waals surface area contributed by atoms with E-state index in [1.54, 1.807) is 0 Å². The molecule has 2 amide bonds. The van der Waals surface area contributed by atoms with Crippen LogP contribution in [0.1, 0.15) is 10.4 Å². The first-order valence-electron chi connectivity index (χ1n) is 6.06. The van der Waals surface area contributed by atoms with Crippen LogP contribution in [-0.4, -0.2) is 44.4 Å². The molecule has 1 N–H and O–H groups in total. The summed E-state index contributed by atoms with van der Waals surface area (Å²) < 4.78 is 31.5. The van der Waals surface area contributed by atoms with Crippen molar-refractivity contribution in [1.29, 1.82) is 0 Å². The number of halogens is 2. The van der Waals surface area contributed by atoms with Crippen LogP contribution < -0.4 is 10.2 Å². The molecule has 0 unspecified atom stereocenters. The summed E-state index contributed by atoms with van der Waals surface area (Å²) in [5.41, 5.74) is -0.740. The second-order valence-corrected chi connectivity index (χ2v) is 4.34. The van der Waals surface area contributed by atoms with Crippen molar-refractivity contribution in [2.24, 2.45) is 0 Å². The molecule has 0 bridgehead atoms. The van der Waals surface area contributed by atoms with Gasteiger partial charge >= 0.3 is 0 Å². The van der Waals surface area contributed by atoms with Gasteiger partial charge in [0.25, 0.3) is 11.7 Å². The summed E-state index contributed by atoms with van der Waals surface area (Å²) in [7, 11) is 1.45. The molecule has 0 spiro atoms. The van der Waals surface area contributed by atoms with Crippen molar-refractivity contribution in [3.8, 4) is 0 Å². The summed E-state index contributed by atoms with van der Waals surface area (Å²) in [6.07, 6.45) is 0. The summed E-state index contributed by atoms with van der Waals surface area (Å²) in [6.45, 7) is -0.00167. The maximum Gasteiger partial charge on any atom is 0.300 e. The molecule has 0 aliphatic carbocycles. The lowest BCUT2D eigenvalue weighted by atomic mass is 10.1. The molecular formula is C13H12F2N2O4. The molecule has 0 fully saturated rings. The van der Waals surface area contributed by atoms with E-state index in [1.807, 2.05) is 0 Å². The minimum absolute atomic E-state index is 0.218. The zero-order valence-electron chi connectivity index (χ0n) is 11.1. The zero-order valence-corrected chi connectivity index (χ0v) is 11.1. The predicted octanol–water partition coefficient (Wildman–Crippen LogP) is 0.257. The molecule has 8 heteroatoms. The van der Waals surface area contributed by atoms with Gasteiger partial charge in [-0.1, -0.05) is 0 Å². The number of ketones is 1. The molecule has 1 aliphatic rings. The summed E-state index contributed by atoms with van der Waals surface area (Å²) in [4.78, 5) is 35.9. The lowest BCUT2D eigenvalue weighted by molar-refractivity contribution is -0.122. The number of anilines is 1. The van der Waals surface area contributed by atoms with Gasteiger partial charge in [-0.15, -0.1) is 0 Å². The minimum atomic E-state index is -1.12. The summed E-state index contributed by atoms with van der Waals surface area (Å²) in [6, 6.07) is 1.37. The van der Waals surface area contributed by atoms with E-state index in [1.165, 1.54) is 7.11 Å². The zero-order chi connectivity index (χ0) is 15.6. The normalized spacial score (nSPS) is 13.6. The SMILES string of the molecule is COCCNC(=O)CN1C(=O)C(=O)c2c(F)cc(F)cc21. The molecule has 2 rings (SSSR count). The van der Waals surface area contributed by atoms with Crippen LogP contribution in [0.15, 0.2) is 12.1 Å². The lowest BCUT2D eigenvalue weighted by Gasteiger charge is -2.16. The van der Waals surface area contributed by atoms with Crippen molar-refractivity contribution in [2.45, 2.75) is 0 Å². The number of hydrogen-bond acceptors (Lipinski definition) is 4. The highest BCUT2D eigenvalue weighted by Gasteiger charge is 2.39. The Morgan fingerprint density at radius 3 is 2.71 bits per heavy atom. The van der Waals surface area contributed by atoms with Gasteiger partial charge < -0.3 is 10.1 Å². The number of Topliss-reactive ketones (excluding diaryl/α,β-unsaturated/α-hetero) is 1. The van der Waals surface area contributed by atoms with Gasteiger partial charge in [-0.3, -0.25) is 19.3 Å². The Kier molecular flexibility index (Phi) is 4.27. The Hall–Kier alpha value is -2.35. The highest BCUT2D eigenvalue weighted by atomic mass is 19.1. The minimum Gasteiger partial charge on any atom is -0.383 e. The first kappa shape index (κ1) is 15.0. The van der Waals surface area contributed by atoms with Crippen molar-refractivity contribution in [3.63, 3.8) is 0 Å². The molecule has 0 aromatic heterocycles. The Bertz CT molecular complexity index is 618. The van der Waals surface area contributed by atoms with Gasteiger partial charge in [0, 0.05) is 19.7 Å². The van der Waals surface area contributed by atoms with Crippen molar-refractivity contribution >= 4 is 23.3 Å². The maximum atomic E-state index is 13.6. The van der Waals surface area contributed by atoms with Crippen LogP contribution in [0.4, 0.5) is 14.5 Å². The van der Waals surface area contributed by atoms with Crippen LogP contribution in [-0.2, 0) is 14.3 Å². The fourth-order valence-electron chi connectivity index (χ4n) is 1.99. The molecule has 0 saturated heterocycles. The second kappa shape index (κ2) is 5.96. The largest absolute Gasteiger partial charge is 0.383 e. The van der Waals surface area contributed by atoms with E-state index in [-0.39, 0.29) is 18.8 Å². The Morgan fingerprint density at radius 2 is 2.05 bits per heavy atom. The third-order valence-corrected chi connectivity index (χ3v) is 2.92. The maximum absolute atomic E-state index is 13.6. The van der Waals surface area contributed by atoms with Gasteiger partial charge in [0.2, 0.25) is 5.91 Å². The first-order chi connectivity index (χ1) is 9.95. The van der Waals surface area contributed by atoms with E-state index in [9.17, 15) is 23.2 Å². The molecular weight excluding hydrogens is 286 g/mol. The van der Waals surface area contributed by atoms with Gasteiger partial charge in [-0.25, -0.2) is 8.78 Å². The van der Waals surface area contributed by atoms with Crippen LogP contribution in [0.5, 0.6) is 0 Å². The fraction of sp³-hybridized carbons (Fsp3) is 0.308. The number of hydrogen-bond donors (Lipinski definition) is 1. The predicted molar refractivity (Wildman–Crippen MR) is 67.9 cm³/mol. The van der Waals surface area contributed by atoms with E-state index in [2.05, 4.69) is 5.32 Å². The number of rotatable bonds is 5. The summed E-state index contributed by atoms with van der Waals surface area (Å²) >= 11 is 0. The van der Waals surface area contributed by atoms with E-state index >= 15 is 0 Å². The van der Waals surface area contributed by atoms with E-state index in [4.69, 9.17) is 4.74 Å². The standard InChI is InChI=1S/C13H12F2N2O4/c1-21-3-2-16-10(18)6-17-9-5-7(14)4-8(15)11(9)12(19)13(17)20/h4-5H,2-3,6H2,1H3,(H,16,18).